The second kappa shape index (κ2) is 6.91. The number of thiazole rings is 1. The molecule has 9 heteroatoms. The monoisotopic (exact) mass is 346 g/mol. The summed E-state index contributed by atoms with van der Waals surface area (Å²) in [5.74, 6) is 0.930. The van der Waals surface area contributed by atoms with Crippen LogP contribution in [0.15, 0.2) is 22.6 Å². The number of aromatic nitrogens is 5. The molecule has 0 unspecified atom stereocenters. The molecule has 8 nitrogen and oxygen atoms in total. The molecule has 0 bridgehead atoms. The normalized spacial score (nSPS) is 11.3. The van der Waals surface area contributed by atoms with Crippen molar-refractivity contribution in [3.63, 3.8) is 0 Å². The van der Waals surface area contributed by atoms with E-state index in [1.165, 1.54) is 17.5 Å². The molecule has 0 aliphatic heterocycles. The third-order valence-corrected chi connectivity index (χ3v) is 4.28. The van der Waals surface area contributed by atoms with Crippen molar-refractivity contribution in [2.45, 2.75) is 26.7 Å². The van der Waals surface area contributed by atoms with Crippen molar-refractivity contribution in [3.8, 4) is 0 Å². The number of aromatic amines is 1. The Hall–Kier alpha value is -2.55. The summed E-state index contributed by atoms with van der Waals surface area (Å²) in [4.78, 5) is 30.6. The largest absolute Gasteiger partial charge is 0.350 e. The average molecular weight is 346 g/mol. The lowest BCUT2D eigenvalue weighted by atomic mass is 10.1. The molecule has 0 fully saturated rings. The molecule has 3 aromatic rings. The van der Waals surface area contributed by atoms with Crippen LogP contribution in [-0.2, 0) is 12.8 Å². The molecule has 1 amide bonds. The minimum Gasteiger partial charge on any atom is -0.350 e. The van der Waals surface area contributed by atoms with Crippen LogP contribution in [0.25, 0.3) is 5.65 Å². The summed E-state index contributed by atoms with van der Waals surface area (Å²) in [6.07, 6.45) is 4.57. The number of carbonyl (C=O) groups is 1. The second-order valence-corrected chi connectivity index (χ2v) is 6.77. The Morgan fingerprint density at radius 2 is 2.25 bits per heavy atom. The number of nitrogens with one attached hydrogen (secondary N) is 2. The summed E-state index contributed by atoms with van der Waals surface area (Å²) >= 11 is 1.50. The Morgan fingerprint density at radius 1 is 1.42 bits per heavy atom. The van der Waals surface area contributed by atoms with E-state index in [0.717, 1.165) is 11.4 Å². The standard InChI is InChI=1S/C15H18N6O2S/c1-9(2)7-12-18-10(8-24-12)14(22)16-4-3-11-19-20-13-15(23)17-5-6-21(11)13/h5-6,8-9H,3-4,7H2,1-2H3,(H,16,22)(H,17,23). The van der Waals surface area contributed by atoms with Gasteiger partial charge in [-0.15, -0.1) is 21.5 Å². The van der Waals surface area contributed by atoms with E-state index in [0.29, 0.717) is 30.4 Å². The SMILES string of the molecule is CC(C)Cc1nc(C(=O)NCCc2nnc3c(=O)[nH]ccn23)cs1. The van der Waals surface area contributed by atoms with Gasteiger partial charge in [-0.25, -0.2) is 4.98 Å². The van der Waals surface area contributed by atoms with Crippen LogP contribution in [-0.4, -0.2) is 37.0 Å². The summed E-state index contributed by atoms with van der Waals surface area (Å²) in [6, 6.07) is 0. The zero-order valence-electron chi connectivity index (χ0n) is 13.4. The van der Waals surface area contributed by atoms with E-state index in [2.05, 4.69) is 39.3 Å². The van der Waals surface area contributed by atoms with Gasteiger partial charge in [-0.05, 0) is 5.92 Å². The van der Waals surface area contributed by atoms with Gasteiger partial charge in [0.05, 0.1) is 5.01 Å². The fourth-order valence-corrected chi connectivity index (χ4v) is 3.28. The van der Waals surface area contributed by atoms with Crippen molar-refractivity contribution in [1.29, 1.82) is 0 Å². The second-order valence-electron chi connectivity index (χ2n) is 5.83. The minimum absolute atomic E-state index is 0.201. The summed E-state index contributed by atoms with van der Waals surface area (Å²) in [5, 5.41) is 13.4. The highest BCUT2D eigenvalue weighted by Gasteiger charge is 2.12. The smallest absolute Gasteiger partial charge is 0.293 e. The first-order chi connectivity index (χ1) is 11.5. The maximum absolute atomic E-state index is 12.1. The van der Waals surface area contributed by atoms with E-state index in [1.807, 2.05) is 0 Å². The van der Waals surface area contributed by atoms with Crippen LogP contribution in [0, 0.1) is 5.92 Å². The number of nitrogens with zero attached hydrogens (tertiary/aromatic N) is 4. The van der Waals surface area contributed by atoms with Crippen LogP contribution in [0.3, 0.4) is 0 Å². The molecule has 3 heterocycles. The van der Waals surface area contributed by atoms with Crippen LogP contribution >= 0.6 is 11.3 Å². The predicted octanol–water partition coefficient (Wildman–Crippen LogP) is 1.05. The zero-order valence-corrected chi connectivity index (χ0v) is 14.3. The number of amides is 1. The molecule has 0 saturated carbocycles. The van der Waals surface area contributed by atoms with Gasteiger partial charge in [0, 0.05) is 37.2 Å². The van der Waals surface area contributed by atoms with Crippen LogP contribution < -0.4 is 10.9 Å². The number of rotatable bonds is 6. The molecule has 0 aliphatic rings. The Balaban J connectivity index is 1.59. The number of H-pyrrole nitrogens is 1. The zero-order chi connectivity index (χ0) is 17.1. The van der Waals surface area contributed by atoms with Crippen molar-refractivity contribution in [2.75, 3.05) is 6.54 Å². The van der Waals surface area contributed by atoms with Gasteiger partial charge in [0.15, 0.2) is 0 Å². The van der Waals surface area contributed by atoms with E-state index in [9.17, 15) is 9.59 Å². The van der Waals surface area contributed by atoms with Gasteiger partial charge in [0.2, 0.25) is 5.65 Å². The van der Waals surface area contributed by atoms with Crippen molar-refractivity contribution < 1.29 is 4.79 Å². The quantitative estimate of drug-likeness (QED) is 0.694. The first kappa shape index (κ1) is 16.3. The third-order valence-electron chi connectivity index (χ3n) is 3.41. The first-order valence-corrected chi connectivity index (χ1v) is 8.56. The number of hydrogen-bond donors (Lipinski definition) is 2. The fraction of sp³-hybridized carbons (Fsp3) is 0.400. The van der Waals surface area contributed by atoms with Crippen LogP contribution in [0.2, 0.25) is 0 Å². The number of carbonyl (C=O) groups excluding carboxylic acids is 1. The van der Waals surface area contributed by atoms with Crippen LogP contribution in [0.5, 0.6) is 0 Å². The molecule has 0 radical (unpaired) electrons. The maximum atomic E-state index is 12.1. The van der Waals surface area contributed by atoms with E-state index in [1.54, 1.807) is 16.0 Å². The van der Waals surface area contributed by atoms with Gasteiger partial charge in [-0.1, -0.05) is 13.8 Å². The van der Waals surface area contributed by atoms with Crippen molar-refractivity contribution in [3.05, 3.63) is 44.7 Å². The predicted molar refractivity (Wildman–Crippen MR) is 90.3 cm³/mol. The van der Waals surface area contributed by atoms with Gasteiger partial charge in [0.25, 0.3) is 11.5 Å². The van der Waals surface area contributed by atoms with E-state index in [4.69, 9.17) is 0 Å². The molecule has 0 aliphatic carbocycles. The minimum atomic E-state index is -0.291. The molecular weight excluding hydrogens is 328 g/mol. The Bertz CT molecular complexity index is 910. The van der Waals surface area contributed by atoms with Crippen molar-refractivity contribution in [2.24, 2.45) is 5.92 Å². The Labute approximate surface area is 142 Å². The molecule has 0 saturated heterocycles. The summed E-state index contributed by atoms with van der Waals surface area (Å²) in [7, 11) is 0. The maximum Gasteiger partial charge on any atom is 0.293 e. The molecule has 24 heavy (non-hydrogen) atoms. The lowest BCUT2D eigenvalue weighted by molar-refractivity contribution is 0.0949. The fourth-order valence-electron chi connectivity index (χ4n) is 2.29. The number of fused-ring (bicyclic) bond motifs is 1. The van der Waals surface area contributed by atoms with E-state index < -0.39 is 0 Å². The van der Waals surface area contributed by atoms with Crippen molar-refractivity contribution >= 4 is 22.9 Å². The summed E-state index contributed by atoms with van der Waals surface area (Å²) in [6.45, 7) is 4.63. The first-order valence-electron chi connectivity index (χ1n) is 7.68. The molecule has 0 spiro atoms. The molecule has 3 rings (SSSR count). The van der Waals surface area contributed by atoms with Crippen LogP contribution in [0.1, 0.15) is 35.2 Å². The number of hydrogen-bond acceptors (Lipinski definition) is 6. The lowest BCUT2D eigenvalue weighted by Gasteiger charge is -2.02. The molecule has 0 aromatic carbocycles. The molecular formula is C15H18N6O2S. The highest BCUT2D eigenvalue weighted by molar-refractivity contribution is 7.09. The van der Waals surface area contributed by atoms with Gasteiger partial charge in [-0.3, -0.25) is 14.0 Å². The Kier molecular flexibility index (Phi) is 4.70. The van der Waals surface area contributed by atoms with Gasteiger partial charge in [-0.2, -0.15) is 0 Å². The average Bonchev–Trinajstić information content (AvgIpc) is 3.15. The molecule has 3 aromatic heterocycles. The summed E-state index contributed by atoms with van der Waals surface area (Å²) < 4.78 is 1.62. The molecule has 126 valence electrons. The molecule has 2 N–H and O–H groups in total. The Morgan fingerprint density at radius 3 is 3.04 bits per heavy atom. The lowest BCUT2D eigenvalue weighted by Crippen LogP contribution is -2.26. The summed E-state index contributed by atoms with van der Waals surface area (Å²) in [5.41, 5.74) is 0.398. The molecule has 0 atom stereocenters. The van der Waals surface area contributed by atoms with Gasteiger partial charge >= 0.3 is 0 Å². The topological polar surface area (TPSA) is 105 Å². The third kappa shape index (κ3) is 3.51. The highest BCUT2D eigenvalue weighted by atomic mass is 32.1. The van der Waals surface area contributed by atoms with Gasteiger partial charge in [0.1, 0.15) is 11.5 Å². The highest BCUT2D eigenvalue weighted by Crippen LogP contribution is 2.14. The van der Waals surface area contributed by atoms with E-state index in [-0.39, 0.29) is 17.1 Å². The van der Waals surface area contributed by atoms with Crippen LogP contribution in [0.4, 0.5) is 0 Å². The van der Waals surface area contributed by atoms with Gasteiger partial charge < -0.3 is 10.3 Å². The van der Waals surface area contributed by atoms with Crippen molar-refractivity contribution in [1.82, 2.24) is 29.9 Å². The van der Waals surface area contributed by atoms with E-state index >= 15 is 0 Å².